The third-order valence-electron chi connectivity index (χ3n) is 6.82. The molecule has 0 bridgehead atoms. The van der Waals surface area contributed by atoms with Crippen molar-refractivity contribution >= 4 is 17.4 Å². The van der Waals surface area contributed by atoms with Gasteiger partial charge < -0.3 is 24.4 Å². The van der Waals surface area contributed by atoms with Crippen molar-refractivity contribution in [2.45, 2.75) is 26.3 Å². The quantitative estimate of drug-likeness (QED) is 0.203. The van der Waals surface area contributed by atoms with E-state index in [1.54, 1.807) is 36.3 Å². The summed E-state index contributed by atoms with van der Waals surface area (Å²) in [5, 5.41) is 11.3. The molecule has 1 unspecified atom stereocenters. The van der Waals surface area contributed by atoms with Crippen LogP contribution in [0.25, 0.3) is 5.76 Å². The third kappa shape index (κ3) is 5.89. The Labute approximate surface area is 223 Å². The SMILES string of the molecule is CCN(CC)CCCN1C(=O)C(=O)C(=C(O)c2ccc(OC)cc2)C1c1cccc(Oc2ccccc2)c1. The number of hydrogen-bond acceptors (Lipinski definition) is 6. The highest BCUT2D eigenvalue weighted by Gasteiger charge is 2.46. The lowest BCUT2D eigenvalue weighted by molar-refractivity contribution is -0.140. The van der Waals surface area contributed by atoms with Crippen molar-refractivity contribution in [2.24, 2.45) is 0 Å². The summed E-state index contributed by atoms with van der Waals surface area (Å²) in [6.45, 7) is 7.21. The molecule has 1 saturated heterocycles. The second-order valence-electron chi connectivity index (χ2n) is 9.09. The number of amides is 1. The molecule has 4 rings (SSSR count). The number of para-hydroxylation sites is 1. The van der Waals surface area contributed by atoms with Crippen LogP contribution >= 0.6 is 0 Å². The fourth-order valence-electron chi connectivity index (χ4n) is 4.74. The smallest absolute Gasteiger partial charge is 0.295 e. The predicted octanol–water partition coefficient (Wildman–Crippen LogP) is 5.64. The lowest BCUT2D eigenvalue weighted by Crippen LogP contribution is -2.33. The van der Waals surface area contributed by atoms with Gasteiger partial charge in [0.05, 0.1) is 18.7 Å². The topological polar surface area (TPSA) is 79.3 Å². The van der Waals surface area contributed by atoms with E-state index in [1.807, 2.05) is 54.6 Å². The molecule has 0 spiro atoms. The number of likely N-dealkylation sites (tertiary alicyclic amines) is 1. The van der Waals surface area contributed by atoms with Crippen molar-refractivity contribution in [3.8, 4) is 17.2 Å². The fourth-order valence-corrected chi connectivity index (χ4v) is 4.74. The molecule has 0 aromatic heterocycles. The van der Waals surface area contributed by atoms with E-state index < -0.39 is 17.7 Å². The summed E-state index contributed by atoms with van der Waals surface area (Å²) in [5.74, 6) is 0.361. The number of carbonyl (C=O) groups is 2. The lowest BCUT2D eigenvalue weighted by Gasteiger charge is -2.27. The molecule has 1 amide bonds. The van der Waals surface area contributed by atoms with Gasteiger partial charge in [0.25, 0.3) is 11.7 Å². The van der Waals surface area contributed by atoms with Gasteiger partial charge in [-0.2, -0.15) is 0 Å². The predicted molar refractivity (Wildman–Crippen MR) is 147 cm³/mol. The number of benzene rings is 3. The maximum Gasteiger partial charge on any atom is 0.295 e. The van der Waals surface area contributed by atoms with Crippen molar-refractivity contribution in [3.05, 3.63) is 95.6 Å². The zero-order valence-electron chi connectivity index (χ0n) is 22.1. The van der Waals surface area contributed by atoms with Gasteiger partial charge in [-0.3, -0.25) is 9.59 Å². The van der Waals surface area contributed by atoms with Crippen LogP contribution in [0.4, 0.5) is 0 Å². The maximum atomic E-state index is 13.3. The van der Waals surface area contributed by atoms with E-state index in [4.69, 9.17) is 9.47 Å². The molecule has 0 aliphatic carbocycles. The summed E-state index contributed by atoms with van der Waals surface area (Å²) >= 11 is 0. The summed E-state index contributed by atoms with van der Waals surface area (Å²) in [4.78, 5) is 30.5. The van der Waals surface area contributed by atoms with Crippen molar-refractivity contribution in [3.63, 3.8) is 0 Å². The maximum absolute atomic E-state index is 13.3. The van der Waals surface area contributed by atoms with Crippen LogP contribution < -0.4 is 9.47 Å². The first-order chi connectivity index (χ1) is 18.5. The lowest BCUT2D eigenvalue weighted by atomic mass is 9.95. The Morgan fingerprint density at radius 1 is 0.895 bits per heavy atom. The minimum absolute atomic E-state index is 0.0693. The molecule has 0 radical (unpaired) electrons. The molecular weight excluding hydrogens is 480 g/mol. The van der Waals surface area contributed by atoms with E-state index in [-0.39, 0.29) is 11.3 Å². The molecular formula is C31H34N2O5. The highest BCUT2D eigenvalue weighted by molar-refractivity contribution is 6.46. The second kappa shape index (κ2) is 12.4. The van der Waals surface area contributed by atoms with Gasteiger partial charge in [-0.05, 0) is 80.1 Å². The van der Waals surface area contributed by atoms with Crippen molar-refractivity contribution in [2.75, 3.05) is 33.3 Å². The molecule has 3 aromatic carbocycles. The molecule has 38 heavy (non-hydrogen) atoms. The summed E-state index contributed by atoms with van der Waals surface area (Å²) in [7, 11) is 1.56. The number of methoxy groups -OCH3 is 1. The van der Waals surface area contributed by atoms with E-state index in [1.165, 1.54) is 0 Å². The summed E-state index contributed by atoms with van der Waals surface area (Å²) < 4.78 is 11.2. The Morgan fingerprint density at radius 3 is 2.24 bits per heavy atom. The Kier molecular flexibility index (Phi) is 8.81. The van der Waals surface area contributed by atoms with Gasteiger partial charge in [-0.1, -0.05) is 44.2 Å². The van der Waals surface area contributed by atoms with Gasteiger partial charge in [-0.25, -0.2) is 0 Å². The number of ketones is 1. The van der Waals surface area contributed by atoms with Crippen LogP contribution in [0, 0.1) is 0 Å². The van der Waals surface area contributed by atoms with Gasteiger partial charge in [0.1, 0.15) is 23.0 Å². The molecule has 198 valence electrons. The molecule has 1 aliphatic heterocycles. The average molecular weight is 515 g/mol. The Hall–Kier alpha value is -4.10. The number of aliphatic hydroxyl groups is 1. The molecule has 1 N–H and O–H groups in total. The third-order valence-corrected chi connectivity index (χ3v) is 6.82. The molecule has 7 heteroatoms. The number of rotatable bonds is 11. The number of aliphatic hydroxyl groups excluding tert-OH is 1. The van der Waals surface area contributed by atoms with Gasteiger partial charge in [-0.15, -0.1) is 0 Å². The minimum Gasteiger partial charge on any atom is -0.507 e. The van der Waals surface area contributed by atoms with E-state index in [0.717, 1.165) is 19.6 Å². The Balaban J connectivity index is 1.73. The standard InChI is InChI=1S/C31H34N2O5/c1-4-32(5-2)19-10-20-33-28(23-11-9-14-26(21-23)38-25-12-7-6-8-13-25)27(30(35)31(33)36)29(34)22-15-17-24(37-3)18-16-22/h6-9,11-18,21,28,34H,4-5,10,19-20H2,1-3H3. The number of nitrogens with zero attached hydrogens (tertiary/aromatic N) is 2. The Bertz CT molecular complexity index is 1280. The normalized spacial score (nSPS) is 16.7. The van der Waals surface area contributed by atoms with Gasteiger partial charge >= 0.3 is 0 Å². The van der Waals surface area contributed by atoms with Gasteiger partial charge in [0, 0.05) is 12.1 Å². The highest BCUT2D eigenvalue weighted by Crippen LogP contribution is 2.40. The second-order valence-corrected chi connectivity index (χ2v) is 9.09. The van der Waals surface area contributed by atoms with Crippen molar-refractivity contribution < 1.29 is 24.2 Å². The van der Waals surface area contributed by atoms with Crippen LogP contribution in [0.1, 0.15) is 37.4 Å². The first kappa shape index (κ1) is 26.9. The molecule has 1 heterocycles. The molecule has 1 atom stereocenters. The zero-order chi connectivity index (χ0) is 27.1. The largest absolute Gasteiger partial charge is 0.507 e. The molecule has 7 nitrogen and oxygen atoms in total. The first-order valence-corrected chi connectivity index (χ1v) is 12.9. The van der Waals surface area contributed by atoms with Crippen LogP contribution in [0.3, 0.4) is 0 Å². The molecule has 0 saturated carbocycles. The first-order valence-electron chi connectivity index (χ1n) is 12.9. The van der Waals surface area contributed by atoms with Crippen LogP contribution in [-0.4, -0.2) is 59.9 Å². The Morgan fingerprint density at radius 2 is 1.58 bits per heavy atom. The number of hydrogen-bond donors (Lipinski definition) is 1. The number of Topliss-reactive ketones (excluding diaryl/α,β-unsaturated/α-hetero) is 1. The van der Waals surface area contributed by atoms with Crippen LogP contribution in [-0.2, 0) is 9.59 Å². The molecule has 1 aliphatic rings. The van der Waals surface area contributed by atoms with E-state index in [9.17, 15) is 14.7 Å². The van der Waals surface area contributed by atoms with Crippen LogP contribution in [0.5, 0.6) is 17.2 Å². The van der Waals surface area contributed by atoms with Gasteiger partial charge in [0.15, 0.2) is 0 Å². The highest BCUT2D eigenvalue weighted by atomic mass is 16.5. The van der Waals surface area contributed by atoms with Gasteiger partial charge in [0.2, 0.25) is 0 Å². The summed E-state index contributed by atoms with van der Waals surface area (Å²) in [6, 6.07) is 22.8. The van der Waals surface area contributed by atoms with E-state index >= 15 is 0 Å². The zero-order valence-corrected chi connectivity index (χ0v) is 22.1. The van der Waals surface area contributed by atoms with Crippen molar-refractivity contribution in [1.29, 1.82) is 0 Å². The molecule has 3 aromatic rings. The fraction of sp³-hybridized carbons (Fsp3) is 0.290. The van der Waals surface area contributed by atoms with Crippen molar-refractivity contribution in [1.82, 2.24) is 9.80 Å². The van der Waals surface area contributed by atoms with Crippen LogP contribution in [0.15, 0.2) is 84.4 Å². The number of carbonyl (C=O) groups excluding carboxylic acids is 2. The average Bonchev–Trinajstić information content (AvgIpc) is 3.21. The monoisotopic (exact) mass is 514 g/mol. The van der Waals surface area contributed by atoms with E-state index in [2.05, 4.69) is 18.7 Å². The number of ether oxygens (including phenoxy) is 2. The molecule has 1 fully saturated rings. The van der Waals surface area contributed by atoms with E-state index in [0.29, 0.717) is 41.3 Å². The van der Waals surface area contributed by atoms with Crippen LogP contribution in [0.2, 0.25) is 0 Å². The summed E-state index contributed by atoms with van der Waals surface area (Å²) in [5.41, 5.74) is 1.20. The summed E-state index contributed by atoms with van der Waals surface area (Å²) in [6.07, 6.45) is 0.702. The minimum atomic E-state index is -0.742.